The molecule has 4 aromatic rings. The van der Waals surface area contributed by atoms with E-state index in [1.165, 1.54) is 6.33 Å². The molecule has 0 saturated heterocycles. The fourth-order valence-corrected chi connectivity index (χ4v) is 3.84. The van der Waals surface area contributed by atoms with Gasteiger partial charge in [-0.1, -0.05) is 30.3 Å². The summed E-state index contributed by atoms with van der Waals surface area (Å²) in [6.07, 6.45) is 4.81. The third kappa shape index (κ3) is 4.96. The lowest BCUT2D eigenvalue weighted by molar-refractivity contribution is 0.460. The van der Waals surface area contributed by atoms with Crippen LogP contribution in [0, 0.1) is 0 Å². The summed E-state index contributed by atoms with van der Waals surface area (Å²) in [6.45, 7) is 0. The van der Waals surface area contributed by atoms with Gasteiger partial charge in [0.05, 0.1) is 5.75 Å². The van der Waals surface area contributed by atoms with Crippen LogP contribution < -0.4 is 9.46 Å². The van der Waals surface area contributed by atoms with E-state index in [4.69, 9.17) is 4.74 Å². The third-order valence-electron chi connectivity index (χ3n) is 3.92. The Balaban J connectivity index is 1.42. The number of nitrogens with zero attached hydrogens (tertiary/aromatic N) is 4. The van der Waals surface area contributed by atoms with Crippen LogP contribution in [0.3, 0.4) is 0 Å². The number of hydrogen-bond acceptors (Lipinski definition) is 6. The zero-order valence-corrected chi connectivity index (χ0v) is 16.0. The lowest BCUT2D eigenvalue weighted by Gasteiger charge is -2.10. The van der Waals surface area contributed by atoms with Crippen LogP contribution in [0.4, 0.5) is 5.69 Å². The molecule has 0 aliphatic heterocycles. The molecule has 8 nitrogen and oxygen atoms in total. The molecule has 0 amide bonds. The number of sulfonamides is 1. The fourth-order valence-electron chi connectivity index (χ4n) is 2.64. The van der Waals surface area contributed by atoms with Crippen LogP contribution >= 0.6 is 0 Å². The summed E-state index contributed by atoms with van der Waals surface area (Å²) in [5.41, 5.74) is 1.17. The van der Waals surface area contributed by atoms with E-state index in [2.05, 4.69) is 19.8 Å². The van der Waals surface area contributed by atoms with Gasteiger partial charge in [-0.25, -0.2) is 23.1 Å². The molecule has 146 valence electrons. The van der Waals surface area contributed by atoms with Crippen molar-refractivity contribution in [1.82, 2.24) is 19.7 Å². The van der Waals surface area contributed by atoms with Crippen LogP contribution in [-0.2, 0) is 15.8 Å². The molecule has 29 heavy (non-hydrogen) atoms. The largest absolute Gasteiger partial charge is 0.439 e. The van der Waals surface area contributed by atoms with E-state index in [9.17, 15) is 8.42 Å². The maximum absolute atomic E-state index is 12.3. The van der Waals surface area contributed by atoms with Gasteiger partial charge in [-0.05, 0) is 35.9 Å². The van der Waals surface area contributed by atoms with Crippen molar-refractivity contribution in [3.63, 3.8) is 0 Å². The Kier molecular flexibility index (Phi) is 5.21. The molecule has 2 heterocycles. The van der Waals surface area contributed by atoms with Crippen molar-refractivity contribution in [2.75, 3.05) is 4.72 Å². The van der Waals surface area contributed by atoms with Crippen LogP contribution in [0.25, 0.3) is 5.82 Å². The van der Waals surface area contributed by atoms with Gasteiger partial charge in [-0.2, -0.15) is 5.10 Å². The highest BCUT2D eigenvalue weighted by atomic mass is 32.2. The molecule has 9 heteroatoms. The zero-order chi connectivity index (χ0) is 20.1. The second-order valence-electron chi connectivity index (χ2n) is 6.14. The maximum Gasteiger partial charge on any atom is 0.236 e. The van der Waals surface area contributed by atoms with E-state index in [0.717, 1.165) is 5.56 Å². The van der Waals surface area contributed by atoms with Crippen molar-refractivity contribution >= 4 is 15.7 Å². The molecule has 0 saturated carbocycles. The minimum Gasteiger partial charge on any atom is -0.439 e. The Morgan fingerprint density at radius 2 is 1.76 bits per heavy atom. The average molecular weight is 407 g/mol. The molecule has 0 spiro atoms. The SMILES string of the molecule is O=S(=O)(Cc1ccccc1)Nc1ccc(Oc2cc(-n3cccn3)ncn2)cc1. The van der Waals surface area contributed by atoms with Crippen LogP contribution in [0.15, 0.2) is 85.5 Å². The topological polar surface area (TPSA) is 99.0 Å². The average Bonchev–Trinajstić information content (AvgIpc) is 3.25. The molecule has 2 aromatic heterocycles. The molecular formula is C20H17N5O3S. The first-order valence-corrected chi connectivity index (χ1v) is 10.4. The molecule has 0 radical (unpaired) electrons. The van der Waals surface area contributed by atoms with Crippen molar-refractivity contribution in [1.29, 1.82) is 0 Å². The molecule has 0 aliphatic carbocycles. The van der Waals surface area contributed by atoms with E-state index in [1.807, 2.05) is 18.2 Å². The summed E-state index contributed by atoms with van der Waals surface area (Å²) in [7, 11) is -3.51. The zero-order valence-electron chi connectivity index (χ0n) is 15.2. The normalized spacial score (nSPS) is 11.2. The Bertz CT molecular complexity index is 1180. The Morgan fingerprint density at radius 3 is 2.48 bits per heavy atom. The molecule has 2 aromatic carbocycles. The Hall–Kier alpha value is -3.72. The number of nitrogens with one attached hydrogen (secondary N) is 1. The highest BCUT2D eigenvalue weighted by Crippen LogP contribution is 2.23. The van der Waals surface area contributed by atoms with Crippen molar-refractivity contribution in [2.24, 2.45) is 0 Å². The number of ether oxygens (including phenoxy) is 1. The summed E-state index contributed by atoms with van der Waals surface area (Å²) < 4.78 is 34.5. The number of hydrogen-bond donors (Lipinski definition) is 1. The van der Waals surface area contributed by atoms with E-state index in [0.29, 0.717) is 23.1 Å². The minimum absolute atomic E-state index is 0.0940. The first-order valence-electron chi connectivity index (χ1n) is 8.72. The summed E-state index contributed by atoms with van der Waals surface area (Å²) in [4.78, 5) is 8.23. The van der Waals surface area contributed by atoms with E-state index >= 15 is 0 Å². The number of benzene rings is 2. The van der Waals surface area contributed by atoms with Crippen molar-refractivity contribution in [2.45, 2.75) is 5.75 Å². The molecule has 4 rings (SSSR count). The van der Waals surface area contributed by atoms with Crippen LogP contribution in [0.5, 0.6) is 11.6 Å². The fraction of sp³-hybridized carbons (Fsp3) is 0.0500. The van der Waals surface area contributed by atoms with Crippen molar-refractivity contribution < 1.29 is 13.2 Å². The van der Waals surface area contributed by atoms with Crippen LogP contribution in [0.2, 0.25) is 0 Å². The monoisotopic (exact) mass is 407 g/mol. The molecule has 0 bridgehead atoms. The summed E-state index contributed by atoms with van der Waals surface area (Å²) >= 11 is 0. The Morgan fingerprint density at radius 1 is 0.966 bits per heavy atom. The highest BCUT2D eigenvalue weighted by Gasteiger charge is 2.12. The maximum atomic E-state index is 12.3. The number of aromatic nitrogens is 4. The van der Waals surface area contributed by atoms with Gasteiger partial charge in [-0.3, -0.25) is 4.72 Å². The predicted molar refractivity (Wildman–Crippen MR) is 108 cm³/mol. The van der Waals surface area contributed by atoms with Crippen LogP contribution in [0.1, 0.15) is 5.56 Å². The second kappa shape index (κ2) is 8.11. The first kappa shape index (κ1) is 18.6. The predicted octanol–water partition coefficient (Wildman–Crippen LogP) is 3.40. The molecular weight excluding hydrogens is 390 g/mol. The minimum atomic E-state index is -3.51. The van der Waals surface area contributed by atoms with Crippen LogP contribution in [-0.4, -0.2) is 28.2 Å². The Labute approximate surface area is 167 Å². The number of anilines is 1. The van der Waals surface area contributed by atoms with Gasteiger partial charge in [0.1, 0.15) is 12.1 Å². The first-order chi connectivity index (χ1) is 14.1. The highest BCUT2D eigenvalue weighted by molar-refractivity contribution is 7.91. The van der Waals surface area contributed by atoms with Gasteiger partial charge in [0.25, 0.3) is 0 Å². The summed E-state index contributed by atoms with van der Waals surface area (Å²) in [5, 5.41) is 4.12. The van der Waals surface area contributed by atoms with Gasteiger partial charge in [0, 0.05) is 24.1 Å². The molecule has 0 unspecified atom stereocenters. The van der Waals surface area contributed by atoms with E-state index in [-0.39, 0.29) is 5.75 Å². The molecule has 0 atom stereocenters. The lowest BCUT2D eigenvalue weighted by Crippen LogP contribution is -2.14. The lowest BCUT2D eigenvalue weighted by atomic mass is 10.2. The third-order valence-corrected chi connectivity index (χ3v) is 5.18. The molecule has 0 fully saturated rings. The van der Waals surface area contributed by atoms with Crippen molar-refractivity contribution in [3.8, 4) is 17.4 Å². The molecule has 0 aliphatic rings. The van der Waals surface area contributed by atoms with E-state index < -0.39 is 10.0 Å². The van der Waals surface area contributed by atoms with Gasteiger partial charge in [-0.15, -0.1) is 0 Å². The quantitative estimate of drug-likeness (QED) is 0.504. The van der Waals surface area contributed by atoms with Crippen molar-refractivity contribution in [3.05, 3.63) is 91.0 Å². The van der Waals surface area contributed by atoms with E-state index in [1.54, 1.807) is 65.6 Å². The smallest absolute Gasteiger partial charge is 0.236 e. The second-order valence-corrected chi connectivity index (χ2v) is 7.86. The number of rotatable bonds is 7. The van der Waals surface area contributed by atoms with Gasteiger partial charge < -0.3 is 4.74 Å². The van der Waals surface area contributed by atoms with Gasteiger partial charge in [0.15, 0.2) is 5.82 Å². The van der Waals surface area contributed by atoms with Gasteiger partial charge >= 0.3 is 0 Å². The summed E-state index contributed by atoms with van der Waals surface area (Å²) in [5.74, 6) is 1.35. The standard InChI is InChI=1S/C20H17N5O3S/c26-29(27,14-16-5-2-1-3-6-16)24-17-7-9-18(10-8-17)28-20-13-19(21-15-22-20)25-12-4-11-23-25/h1-13,15,24H,14H2. The van der Waals surface area contributed by atoms with Gasteiger partial charge in [0.2, 0.25) is 15.9 Å². The molecule has 1 N–H and O–H groups in total. The summed E-state index contributed by atoms with van der Waals surface area (Å²) in [6, 6.07) is 19.0.